The van der Waals surface area contributed by atoms with Crippen LogP contribution in [0.4, 0.5) is 0 Å². The lowest BCUT2D eigenvalue weighted by Crippen LogP contribution is -2.33. The molecular formula is C12H15BrClN. The molecule has 0 saturated carbocycles. The predicted molar refractivity (Wildman–Crippen MR) is 68.7 cm³/mol. The molecule has 0 radical (unpaired) electrons. The zero-order chi connectivity index (χ0) is 10.7. The fourth-order valence-electron chi connectivity index (χ4n) is 1.93. The summed E-state index contributed by atoms with van der Waals surface area (Å²) in [6, 6.07) is 8.12. The van der Waals surface area contributed by atoms with E-state index in [1.54, 1.807) is 0 Å². The van der Waals surface area contributed by atoms with Gasteiger partial charge in [-0.1, -0.05) is 45.7 Å². The third kappa shape index (κ3) is 3.20. The predicted octanol–water partition coefficient (Wildman–Crippen LogP) is 3.70. The highest BCUT2D eigenvalue weighted by atomic mass is 79.9. The van der Waals surface area contributed by atoms with Crippen molar-refractivity contribution in [1.82, 2.24) is 4.90 Å². The Morgan fingerprint density at radius 3 is 2.60 bits per heavy atom. The zero-order valence-corrected chi connectivity index (χ0v) is 11.0. The van der Waals surface area contributed by atoms with Gasteiger partial charge in [0.2, 0.25) is 0 Å². The van der Waals surface area contributed by atoms with Gasteiger partial charge in [0.15, 0.2) is 0 Å². The first-order chi connectivity index (χ1) is 7.25. The van der Waals surface area contributed by atoms with Crippen molar-refractivity contribution in [2.45, 2.75) is 24.2 Å². The molecule has 0 aliphatic carbocycles. The van der Waals surface area contributed by atoms with E-state index in [0.717, 1.165) is 11.6 Å². The number of piperidine rings is 1. The van der Waals surface area contributed by atoms with Crippen LogP contribution in [0.1, 0.15) is 18.4 Å². The standard InChI is InChI=1S/C12H15BrClN/c13-11-5-7-15(8-6-11)9-10-3-1-2-4-12(10)14/h1-4,11H,5-9H2. The van der Waals surface area contributed by atoms with Gasteiger partial charge in [0.05, 0.1) is 0 Å². The van der Waals surface area contributed by atoms with Gasteiger partial charge in [-0.3, -0.25) is 4.90 Å². The van der Waals surface area contributed by atoms with Crippen molar-refractivity contribution >= 4 is 27.5 Å². The molecule has 0 spiro atoms. The molecule has 1 fully saturated rings. The Balaban J connectivity index is 1.95. The SMILES string of the molecule is Clc1ccccc1CN1CCC(Br)CC1. The molecule has 2 rings (SSSR count). The van der Waals surface area contributed by atoms with Crippen LogP contribution in [0.3, 0.4) is 0 Å². The Kier molecular flexibility index (Phi) is 4.06. The van der Waals surface area contributed by atoms with Crippen LogP contribution < -0.4 is 0 Å². The van der Waals surface area contributed by atoms with Gasteiger partial charge in [0, 0.05) is 16.4 Å². The molecule has 1 heterocycles. The third-order valence-corrected chi connectivity index (χ3v) is 4.15. The van der Waals surface area contributed by atoms with Crippen molar-refractivity contribution in [3.63, 3.8) is 0 Å². The number of nitrogens with zero attached hydrogens (tertiary/aromatic N) is 1. The summed E-state index contributed by atoms with van der Waals surface area (Å²) in [6.45, 7) is 3.32. The fourth-order valence-corrected chi connectivity index (χ4v) is 2.53. The molecule has 1 aromatic rings. The number of rotatable bonds is 2. The summed E-state index contributed by atoms with van der Waals surface area (Å²) in [4.78, 5) is 3.18. The van der Waals surface area contributed by atoms with E-state index in [4.69, 9.17) is 11.6 Å². The van der Waals surface area contributed by atoms with E-state index in [1.807, 2.05) is 12.1 Å². The van der Waals surface area contributed by atoms with Crippen LogP contribution in [-0.2, 0) is 6.54 Å². The van der Waals surface area contributed by atoms with E-state index in [0.29, 0.717) is 4.83 Å². The van der Waals surface area contributed by atoms with Crippen LogP contribution >= 0.6 is 27.5 Å². The van der Waals surface area contributed by atoms with Crippen molar-refractivity contribution in [1.29, 1.82) is 0 Å². The van der Waals surface area contributed by atoms with E-state index in [2.05, 4.69) is 33.0 Å². The summed E-state index contributed by atoms with van der Waals surface area (Å²) in [5.41, 5.74) is 1.24. The lowest BCUT2D eigenvalue weighted by atomic mass is 10.1. The van der Waals surface area contributed by atoms with Crippen LogP contribution in [0.25, 0.3) is 0 Å². The minimum absolute atomic E-state index is 0.708. The van der Waals surface area contributed by atoms with E-state index < -0.39 is 0 Å². The number of halogens is 2. The topological polar surface area (TPSA) is 3.24 Å². The second-order valence-corrected chi connectivity index (χ2v) is 5.74. The van der Waals surface area contributed by atoms with Gasteiger partial charge in [-0.15, -0.1) is 0 Å². The van der Waals surface area contributed by atoms with Gasteiger partial charge in [-0.2, -0.15) is 0 Å². The molecule has 0 amide bonds. The molecule has 1 saturated heterocycles. The largest absolute Gasteiger partial charge is 0.299 e. The maximum Gasteiger partial charge on any atom is 0.0451 e. The summed E-state index contributed by atoms with van der Waals surface area (Å²) in [5.74, 6) is 0. The molecule has 0 atom stereocenters. The number of hydrogen-bond acceptors (Lipinski definition) is 1. The van der Waals surface area contributed by atoms with Crippen molar-refractivity contribution in [3.8, 4) is 0 Å². The number of benzene rings is 1. The Morgan fingerprint density at radius 2 is 1.93 bits per heavy atom. The van der Waals surface area contributed by atoms with E-state index in [1.165, 1.54) is 31.5 Å². The van der Waals surface area contributed by atoms with Crippen LogP contribution in [0.15, 0.2) is 24.3 Å². The van der Waals surface area contributed by atoms with E-state index in [-0.39, 0.29) is 0 Å². The van der Waals surface area contributed by atoms with Crippen LogP contribution in [0.5, 0.6) is 0 Å². The average Bonchev–Trinajstić information content (AvgIpc) is 2.25. The van der Waals surface area contributed by atoms with Gasteiger partial charge in [-0.05, 0) is 37.6 Å². The minimum Gasteiger partial charge on any atom is -0.299 e. The monoisotopic (exact) mass is 287 g/mol. The molecule has 1 aromatic carbocycles. The lowest BCUT2D eigenvalue weighted by Gasteiger charge is -2.29. The van der Waals surface area contributed by atoms with E-state index >= 15 is 0 Å². The van der Waals surface area contributed by atoms with Gasteiger partial charge in [0.25, 0.3) is 0 Å². The maximum absolute atomic E-state index is 6.14. The third-order valence-electron chi connectivity index (χ3n) is 2.87. The maximum atomic E-state index is 6.14. The number of alkyl halides is 1. The molecular weight excluding hydrogens is 273 g/mol. The molecule has 0 aromatic heterocycles. The van der Waals surface area contributed by atoms with Gasteiger partial charge < -0.3 is 0 Å². The average molecular weight is 289 g/mol. The summed E-state index contributed by atoms with van der Waals surface area (Å²) in [5, 5.41) is 0.887. The second kappa shape index (κ2) is 5.33. The van der Waals surface area contributed by atoms with Gasteiger partial charge in [-0.25, -0.2) is 0 Å². The molecule has 0 unspecified atom stereocenters. The van der Waals surface area contributed by atoms with Crippen molar-refractivity contribution in [2.24, 2.45) is 0 Å². The zero-order valence-electron chi connectivity index (χ0n) is 8.63. The quantitative estimate of drug-likeness (QED) is 0.750. The van der Waals surface area contributed by atoms with Gasteiger partial charge in [0.1, 0.15) is 0 Å². The number of likely N-dealkylation sites (tertiary alicyclic amines) is 1. The number of hydrogen-bond donors (Lipinski definition) is 0. The summed E-state index contributed by atoms with van der Waals surface area (Å²) in [6.07, 6.45) is 2.48. The molecule has 1 nitrogen and oxygen atoms in total. The van der Waals surface area contributed by atoms with Crippen LogP contribution in [0, 0.1) is 0 Å². The lowest BCUT2D eigenvalue weighted by molar-refractivity contribution is 0.226. The van der Waals surface area contributed by atoms with Crippen molar-refractivity contribution in [3.05, 3.63) is 34.9 Å². The minimum atomic E-state index is 0.708. The fraction of sp³-hybridized carbons (Fsp3) is 0.500. The first-order valence-corrected chi connectivity index (χ1v) is 6.65. The Labute approximate surface area is 105 Å². The first-order valence-electron chi connectivity index (χ1n) is 5.35. The Hall–Kier alpha value is -0.0500. The Bertz CT molecular complexity index is 321. The van der Waals surface area contributed by atoms with E-state index in [9.17, 15) is 0 Å². The van der Waals surface area contributed by atoms with Crippen molar-refractivity contribution in [2.75, 3.05) is 13.1 Å². The smallest absolute Gasteiger partial charge is 0.0451 e. The first kappa shape index (κ1) is 11.4. The summed E-state index contributed by atoms with van der Waals surface area (Å²) in [7, 11) is 0. The molecule has 82 valence electrons. The molecule has 3 heteroatoms. The highest BCUT2D eigenvalue weighted by molar-refractivity contribution is 9.09. The molecule has 1 aliphatic heterocycles. The normalized spacial score (nSPS) is 19.3. The summed E-state index contributed by atoms with van der Waals surface area (Å²) < 4.78 is 0. The van der Waals surface area contributed by atoms with Gasteiger partial charge >= 0.3 is 0 Å². The van der Waals surface area contributed by atoms with Crippen LogP contribution in [0.2, 0.25) is 5.02 Å². The second-order valence-electron chi connectivity index (χ2n) is 4.04. The van der Waals surface area contributed by atoms with Crippen molar-refractivity contribution < 1.29 is 0 Å². The highest BCUT2D eigenvalue weighted by Crippen LogP contribution is 2.22. The summed E-state index contributed by atoms with van der Waals surface area (Å²) >= 11 is 9.80. The molecule has 1 aliphatic rings. The highest BCUT2D eigenvalue weighted by Gasteiger charge is 2.17. The molecule has 0 N–H and O–H groups in total. The Morgan fingerprint density at radius 1 is 1.27 bits per heavy atom. The molecule has 0 bridgehead atoms. The van der Waals surface area contributed by atoms with Crippen LogP contribution in [-0.4, -0.2) is 22.8 Å². The molecule has 15 heavy (non-hydrogen) atoms.